The van der Waals surface area contributed by atoms with Gasteiger partial charge in [0.1, 0.15) is 29.6 Å². The van der Waals surface area contributed by atoms with E-state index in [1.54, 1.807) is 31.3 Å². The maximum Gasteiger partial charge on any atom is 0.253 e. The molecule has 9 nitrogen and oxygen atoms in total. The van der Waals surface area contributed by atoms with Crippen molar-refractivity contribution in [3.05, 3.63) is 82.5 Å². The van der Waals surface area contributed by atoms with E-state index in [9.17, 15) is 10.1 Å². The molecule has 3 aromatic heterocycles. The normalized spacial score (nSPS) is 11.5. The van der Waals surface area contributed by atoms with Crippen LogP contribution in [-0.4, -0.2) is 25.8 Å². The summed E-state index contributed by atoms with van der Waals surface area (Å²) in [6, 6.07) is 14.1. The third-order valence-corrected chi connectivity index (χ3v) is 5.28. The number of carbonyl (C=O) groups excluding carboxylic acids is 1. The number of nitrogens with zero attached hydrogens (tertiary/aromatic N) is 5. The van der Waals surface area contributed by atoms with Gasteiger partial charge in [0.05, 0.1) is 40.1 Å². The van der Waals surface area contributed by atoms with Gasteiger partial charge in [-0.1, -0.05) is 29.8 Å². The van der Waals surface area contributed by atoms with Crippen LogP contribution in [0.5, 0.6) is 0 Å². The van der Waals surface area contributed by atoms with Crippen LogP contribution in [0.1, 0.15) is 40.3 Å². The first-order valence-electron chi connectivity index (χ1n) is 10.0. The van der Waals surface area contributed by atoms with Crippen LogP contribution in [0.2, 0.25) is 5.02 Å². The summed E-state index contributed by atoms with van der Waals surface area (Å²) in [5, 5.41) is 16.6. The van der Waals surface area contributed by atoms with E-state index in [0.29, 0.717) is 21.8 Å². The fourth-order valence-electron chi connectivity index (χ4n) is 3.35. The molecule has 0 bridgehead atoms. The maximum atomic E-state index is 13.2. The highest BCUT2D eigenvalue weighted by Crippen LogP contribution is 2.29. The lowest BCUT2D eigenvalue weighted by Gasteiger charge is -2.19. The number of para-hydroxylation sites is 1. The number of rotatable bonds is 6. The van der Waals surface area contributed by atoms with Gasteiger partial charge in [0, 0.05) is 11.6 Å². The van der Waals surface area contributed by atoms with Gasteiger partial charge in [0.25, 0.3) is 5.91 Å². The first-order chi connectivity index (χ1) is 16.0. The van der Waals surface area contributed by atoms with Crippen molar-refractivity contribution in [1.29, 1.82) is 5.26 Å². The van der Waals surface area contributed by atoms with Gasteiger partial charge in [-0.05, 0) is 31.2 Å². The van der Waals surface area contributed by atoms with E-state index in [0.717, 1.165) is 11.1 Å². The lowest BCUT2D eigenvalue weighted by atomic mass is 10.0. The van der Waals surface area contributed by atoms with Crippen LogP contribution in [-0.2, 0) is 6.54 Å². The highest BCUT2D eigenvalue weighted by atomic mass is 35.5. The Morgan fingerprint density at radius 3 is 2.82 bits per heavy atom. The molecule has 0 saturated carbocycles. The van der Waals surface area contributed by atoms with Gasteiger partial charge >= 0.3 is 0 Å². The predicted molar refractivity (Wildman–Crippen MR) is 125 cm³/mol. The number of halogens is 1. The Hall–Kier alpha value is -4.29. The molecule has 0 fully saturated rings. The molecule has 0 aliphatic rings. The third-order valence-electron chi connectivity index (χ3n) is 4.98. The molecule has 1 atom stereocenters. The summed E-state index contributed by atoms with van der Waals surface area (Å²) in [5.74, 6) is -0.00942. The fraction of sp³-hybridized carbons (Fsp3) is 0.130. The van der Waals surface area contributed by atoms with Gasteiger partial charge in [-0.25, -0.2) is 15.0 Å². The molecule has 1 amide bonds. The summed E-state index contributed by atoms with van der Waals surface area (Å²) < 4.78 is 0. The summed E-state index contributed by atoms with van der Waals surface area (Å²) in [6.07, 6.45) is 2.93. The minimum Gasteiger partial charge on any atom is -0.382 e. The van der Waals surface area contributed by atoms with Crippen LogP contribution >= 0.6 is 11.6 Å². The van der Waals surface area contributed by atoms with E-state index < -0.39 is 6.04 Å². The lowest BCUT2D eigenvalue weighted by Crippen LogP contribution is -2.26. The Labute approximate surface area is 194 Å². The minimum absolute atomic E-state index is 0.0602. The largest absolute Gasteiger partial charge is 0.382 e. The summed E-state index contributed by atoms with van der Waals surface area (Å²) in [6.45, 7) is 2.07. The van der Waals surface area contributed by atoms with E-state index in [1.807, 2.05) is 30.3 Å². The standard InChI is InChI=1S/C23H19ClN8O/c1-13(31-22-17(10-25)21(26)29-12-30-22)19-16(9-14-5-4-7-18(24)20(14)32-19)23(33)28-11-15-6-2-3-8-27-15/h2-9,12-13H,11H2,1H3,(H,28,33)(H3,26,29,30,31). The van der Waals surface area contributed by atoms with Crippen LogP contribution in [0, 0.1) is 11.3 Å². The molecule has 4 aromatic rings. The second-order valence-corrected chi connectivity index (χ2v) is 7.60. The number of nitrogens with two attached hydrogens (primary N) is 1. The second kappa shape index (κ2) is 9.46. The van der Waals surface area contributed by atoms with Gasteiger partial charge in [-0.15, -0.1) is 0 Å². The van der Waals surface area contributed by atoms with Crippen LogP contribution in [0.3, 0.4) is 0 Å². The summed E-state index contributed by atoms with van der Waals surface area (Å²) >= 11 is 6.36. The van der Waals surface area contributed by atoms with Crippen LogP contribution in [0.15, 0.2) is 55.0 Å². The predicted octanol–water partition coefficient (Wildman–Crippen LogP) is 3.63. The lowest BCUT2D eigenvalue weighted by molar-refractivity contribution is 0.0949. The average Bonchev–Trinajstić information content (AvgIpc) is 2.83. The number of anilines is 2. The molecular weight excluding hydrogens is 440 g/mol. The monoisotopic (exact) mass is 458 g/mol. The summed E-state index contributed by atoms with van der Waals surface area (Å²) in [4.78, 5) is 30.1. The van der Waals surface area contributed by atoms with Crippen molar-refractivity contribution in [1.82, 2.24) is 25.3 Å². The molecule has 0 aliphatic carbocycles. The molecule has 164 valence electrons. The molecule has 0 radical (unpaired) electrons. The third kappa shape index (κ3) is 4.66. The topological polar surface area (TPSA) is 142 Å². The van der Waals surface area contributed by atoms with E-state index in [1.165, 1.54) is 6.33 Å². The quantitative estimate of drug-likeness (QED) is 0.397. The number of benzene rings is 1. The second-order valence-electron chi connectivity index (χ2n) is 7.20. The molecule has 0 aliphatic heterocycles. The van der Waals surface area contributed by atoms with Crippen molar-refractivity contribution in [2.45, 2.75) is 19.5 Å². The van der Waals surface area contributed by atoms with Crippen LogP contribution in [0.25, 0.3) is 10.9 Å². The van der Waals surface area contributed by atoms with Gasteiger partial charge in [-0.3, -0.25) is 9.78 Å². The molecule has 0 spiro atoms. The molecule has 1 aromatic carbocycles. The number of hydrogen-bond donors (Lipinski definition) is 3. The molecule has 3 heterocycles. The van der Waals surface area contributed by atoms with Gasteiger partial charge in [0.15, 0.2) is 0 Å². The first-order valence-corrected chi connectivity index (χ1v) is 10.4. The van der Waals surface area contributed by atoms with Gasteiger partial charge in [-0.2, -0.15) is 5.26 Å². The smallest absolute Gasteiger partial charge is 0.253 e. The van der Waals surface area contributed by atoms with Crippen LogP contribution in [0.4, 0.5) is 11.6 Å². The highest BCUT2D eigenvalue weighted by molar-refractivity contribution is 6.35. The first kappa shape index (κ1) is 21.9. The summed E-state index contributed by atoms with van der Waals surface area (Å²) in [5.41, 5.74) is 8.00. The Morgan fingerprint density at radius 2 is 2.06 bits per heavy atom. The van der Waals surface area contributed by atoms with Crippen molar-refractivity contribution in [2.75, 3.05) is 11.1 Å². The van der Waals surface area contributed by atoms with Gasteiger partial charge in [0.2, 0.25) is 0 Å². The zero-order valence-electron chi connectivity index (χ0n) is 17.6. The molecule has 0 saturated heterocycles. The highest BCUT2D eigenvalue weighted by Gasteiger charge is 2.22. The molecular formula is C23H19ClN8O. The molecule has 1 unspecified atom stereocenters. The van der Waals surface area contributed by atoms with E-state index in [4.69, 9.17) is 22.3 Å². The van der Waals surface area contributed by atoms with E-state index >= 15 is 0 Å². The SMILES string of the molecule is CC(Nc1ncnc(N)c1C#N)c1nc2c(Cl)cccc2cc1C(=O)NCc1ccccn1. The Balaban J connectivity index is 1.72. The number of nitrogens with one attached hydrogen (secondary N) is 2. The summed E-state index contributed by atoms with van der Waals surface area (Å²) in [7, 11) is 0. The minimum atomic E-state index is -0.511. The Morgan fingerprint density at radius 1 is 1.21 bits per heavy atom. The fourth-order valence-corrected chi connectivity index (χ4v) is 3.57. The van der Waals surface area contributed by atoms with Crippen molar-refractivity contribution in [3.8, 4) is 6.07 Å². The maximum absolute atomic E-state index is 13.2. The number of fused-ring (bicyclic) bond motifs is 1. The zero-order valence-corrected chi connectivity index (χ0v) is 18.3. The Bertz CT molecular complexity index is 1370. The van der Waals surface area contributed by atoms with Crippen LogP contribution < -0.4 is 16.4 Å². The number of pyridine rings is 2. The molecule has 10 heteroatoms. The number of amides is 1. The average molecular weight is 459 g/mol. The van der Waals surface area contributed by atoms with Crippen molar-refractivity contribution in [3.63, 3.8) is 0 Å². The van der Waals surface area contributed by atoms with Crippen molar-refractivity contribution < 1.29 is 4.79 Å². The van der Waals surface area contributed by atoms with E-state index in [2.05, 4.69) is 25.6 Å². The zero-order chi connectivity index (χ0) is 23.4. The van der Waals surface area contributed by atoms with Crippen molar-refractivity contribution >= 4 is 40.0 Å². The number of nitrogen functional groups attached to an aromatic ring is 1. The number of aromatic nitrogens is 4. The number of hydrogen-bond acceptors (Lipinski definition) is 8. The molecule has 4 rings (SSSR count). The van der Waals surface area contributed by atoms with Crippen molar-refractivity contribution in [2.24, 2.45) is 0 Å². The van der Waals surface area contributed by atoms with E-state index in [-0.39, 0.29) is 29.7 Å². The molecule has 4 N–H and O–H groups in total. The molecule has 33 heavy (non-hydrogen) atoms. The Kier molecular flexibility index (Phi) is 6.29. The van der Waals surface area contributed by atoms with Gasteiger partial charge < -0.3 is 16.4 Å². The number of carbonyl (C=O) groups is 1. The number of nitriles is 1.